The minimum Gasteiger partial charge on any atom is -0.388 e. The molecule has 0 aliphatic carbocycles. The van der Waals surface area contributed by atoms with Gasteiger partial charge in [-0.05, 0) is 26.3 Å². The highest BCUT2D eigenvalue weighted by Crippen LogP contribution is 2.20. The molecular formula is C12H21N3O3. The predicted octanol–water partition coefficient (Wildman–Crippen LogP) is -1.21. The van der Waals surface area contributed by atoms with Crippen molar-refractivity contribution in [2.75, 3.05) is 39.3 Å². The first-order valence-corrected chi connectivity index (χ1v) is 6.51. The van der Waals surface area contributed by atoms with Crippen LogP contribution in [0.1, 0.15) is 19.8 Å². The summed E-state index contributed by atoms with van der Waals surface area (Å²) in [5.74, 6) is -0.911. The normalized spacial score (nSPS) is 29.2. The average Bonchev–Trinajstić information content (AvgIpc) is 2.57. The molecule has 0 aromatic rings. The van der Waals surface area contributed by atoms with Gasteiger partial charge in [0.05, 0.1) is 5.60 Å². The van der Waals surface area contributed by atoms with E-state index in [1.807, 2.05) is 0 Å². The SMILES string of the molecule is CC1(O)CCN(C(=O)C(=O)N2CCCNCC2)C1. The second-order valence-electron chi connectivity index (χ2n) is 5.37. The predicted molar refractivity (Wildman–Crippen MR) is 65.9 cm³/mol. The average molecular weight is 255 g/mol. The van der Waals surface area contributed by atoms with E-state index in [1.54, 1.807) is 11.8 Å². The number of β-amino-alcohol motifs (C(OH)–C–C–N with tert-alkyl or cyclic N) is 1. The van der Waals surface area contributed by atoms with Crippen LogP contribution in [0, 0.1) is 0 Å². The fourth-order valence-electron chi connectivity index (χ4n) is 2.44. The van der Waals surface area contributed by atoms with Gasteiger partial charge < -0.3 is 20.2 Å². The fraction of sp³-hybridized carbons (Fsp3) is 0.833. The van der Waals surface area contributed by atoms with Gasteiger partial charge in [-0.15, -0.1) is 0 Å². The van der Waals surface area contributed by atoms with Crippen LogP contribution in [0.2, 0.25) is 0 Å². The number of amides is 2. The van der Waals surface area contributed by atoms with Gasteiger partial charge in [0.15, 0.2) is 0 Å². The van der Waals surface area contributed by atoms with Crippen LogP contribution < -0.4 is 5.32 Å². The number of likely N-dealkylation sites (tertiary alicyclic amines) is 1. The third-order valence-electron chi connectivity index (χ3n) is 3.55. The quantitative estimate of drug-likeness (QED) is 0.533. The summed E-state index contributed by atoms with van der Waals surface area (Å²) in [6, 6.07) is 0. The Balaban J connectivity index is 1.94. The first-order chi connectivity index (χ1) is 8.49. The van der Waals surface area contributed by atoms with Crippen molar-refractivity contribution in [3.8, 4) is 0 Å². The van der Waals surface area contributed by atoms with E-state index in [2.05, 4.69) is 5.32 Å². The number of aliphatic hydroxyl groups is 1. The van der Waals surface area contributed by atoms with Crippen LogP contribution >= 0.6 is 0 Å². The first kappa shape index (κ1) is 13.3. The van der Waals surface area contributed by atoms with Crippen molar-refractivity contribution in [2.45, 2.75) is 25.4 Å². The molecule has 0 aromatic carbocycles. The highest BCUT2D eigenvalue weighted by molar-refractivity contribution is 6.35. The Hall–Kier alpha value is -1.14. The van der Waals surface area contributed by atoms with Crippen molar-refractivity contribution < 1.29 is 14.7 Å². The van der Waals surface area contributed by atoms with Gasteiger partial charge in [-0.1, -0.05) is 0 Å². The number of rotatable bonds is 0. The maximum atomic E-state index is 12.1. The summed E-state index contributed by atoms with van der Waals surface area (Å²) in [4.78, 5) is 27.2. The van der Waals surface area contributed by atoms with Crippen molar-refractivity contribution in [1.29, 1.82) is 0 Å². The van der Waals surface area contributed by atoms with E-state index in [1.165, 1.54) is 4.90 Å². The molecule has 0 aromatic heterocycles. The molecule has 2 fully saturated rings. The van der Waals surface area contributed by atoms with Crippen LogP contribution in [0.25, 0.3) is 0 Å². The standard InChI is InChI=1S/C12H21N3O3/c1-12(18)3-7-15(9-12)11(17)10(16)14-6-2-4-13-5-8-14/h13,18H,2-9H2,1H3. The van der Waals surface area contributed by atoms with Gasteiger partial charge in [-0.2, -0.15) is 0 Å². The molecule has 102 valence electrons. The number of carbonyl (C=O) groups is 2. The van der Waals surface area contributed by atoms with Crippen molar-refractivity contribution >= 4 is 11.8 Å². The van der Waals surface area contributed by atoms with Gasteiger partial charge in [0.25, 0.3) is 0 Å². The lowest BCUT2D eigenvalue weighted by Crippen LogP contribution is -2.46. The van der Waals surface area contributed by atoms with E-state index in [0.717, 1.165) is 19.5 Å². The zero-order valence-electron chi connectivity index (χ0n) is 10.8. The molecule has 6 nitrogen and oxygen atoms in total. The second kappa shape index (κ2) is 5.24. The number of carbonyl (C=O) groups excluding carboxylic acids is 2. The molecule has 0 bridgehead atoms. The van der Waals surface area contributed by atoms with Gasteiger partial charge in [0, 0.05) is 32.7 Å². The third-order valence-corrected chi connectivity index (χ3v) is 3.55. The van der Waals surface area contributed by atoms with Crippen LogP contribution in [0.4, 0.5) is 0 Å². The second-order valence-corrected chi connectivity index (χ2v) is 5.37. The molecule has 0 saturated carbocycles. The third kappa shape index (κ3) is 3.00. The lowest BCUT2D eigenvalue weighted by molar-refractivity contribution is -0.151. The van der Waals surface area contributed by atoms with Crippen molar-refractivity contribution in [3.63, 3.8) is 0 Å². The molecule has 1 unspecified atom stereocenters. The Bertz CT molecular complexity index is 321. The van der Waals surface area contributed by atoms with E-state index < -0.39 is 17.4 Å². The Morgan fingerprint density at radius 1 is 1.11 bits per heavy atom. The molecule has 2 amide bonds. The molecule has 1 atom stereocenters. The van der Waals surface area contributed by atoms with Crippen LogP contribution in [0.3, 0.4) is 0 Å². The lowest BCUT2D eigenvalue weighted by Gasteiger charge is -2.23. The van der Waals surface area contributed by atoms with E-state index in [-0.39, 0.29) is 6.54 Å². The summed E-state index contributed by atoms with van der Waals surface area (Å²) in [6.07, 6.45) is 1.41. The molecule has 2 N–H and O–H groups in total. The topological polar surface area (TPSA) is 72.9 Å². The molecule has 2 heterocycles. The molecule has 18 heavy (non-hydrogen) atoms. The van der Waals surface area contributed by atoms with Crippen LogP contribution in [-0.4, -0.2) is 71.6 Å². The first-order valence-electron chi connectivity index (χ1n) is 6.51. The summed E-state index contributed by atoms with van der Waals surface area (Å²) < 4.78 is 0. The largest absolute Gasteiger partial charge is 0.388 e. The Morgan fingerprint density at radius 3 is 2.50 bits per heavy atom. The zero-order chi connectivity index (χ0) is 13.2. The minimum absolute atomic E-state index is 0.254. The maximum Gasteiger partial charge on any atom is 0.312 e. The van der Waals surface area contributed by atoms with E-state index in [9.17, 15) is 14.7 Å². The number of nitrogens with one attached hydrogen (secondary N) is 1. The maximum absolute atomic E-state index is 12.1. The Morgan fingerprint density at radius 2 is 1.83 bits per heavy atom. The molecule has 2 saturated heterocycles. The Kier molecular flexibility index (Phi) is 3.87. The lowest BCUT2D eigenvalue weighted by atomic mass is 10.1. The number of nitrogens with zero attached hydrogens (tertiary/aromatic N) is 2. The summed E-state index contributed by atoms with van der Waals surface area (Å²) in [7, 11) is 0. The van der Waals surface area contributed by atoms with E-state index >= 15 is 0 Å². The fourth-order valence-corrected chi connectivity index (χ4v) is 2.44. The van der Waals surface area contributed by atoms with Gasteiger partial charge >= 0.3 is 11.8 Å². The number of hydrogen-bond acceptors (Lipinski definition) is 4. The molecule has 6 heteroatoms. The van der Waals surface area contributed by atoms with Crippen molar-refractivity contribution in [3.05, 3.63) is 0 Å². The summed E-state index contributed by atoms with van der Waals surface area (Å²) in [6.45, 7) is 5.23. The summed E-state index contributed by atoms with van der Waals surface area (Å²) in [5.41, 5.74) is -0.851. The van der Waals surface area contributed by atoms with E-state index in [0.29, 0.717) is 26.1 Å². The molecule has 2 aliphatic rings. The van der Waals surface area contributed by atoms with Gasteiger partial charge in [0.2, 0.25) is 0 Å². The van der Waals surface area contributed by atoms with Crippen molar-refractivity contribution in [1.82, 2.24) is 15.1 Å². The molecular weight excluding hydrogens is 234 g/mol. The minimum atomic E-state index is -0.851. The highest BCUT2D eigenvalue weighted by Gasteiger charge is 2.37. The smallest absolute Gasteiger partial charge is 0.312 e. The molecule has 0 spiro atoms. The number of hydrogen-bond donors (Lipinski definition) is 2. The highest BCUT2D eigenvalue weighted by atomic mass is 16.3. The van der Waals surface area contributed by atoms with Crippen LogP contribution in [-0.2, 0) is 9.59 Å². The van der Waals surface area contributed by atoms with Crippen molar-refractivity contribution in [2.24, 2.45) is 0 Å². The van der Waals surface area contributed by atoms with Crippen LogP contribution in [0.15, 0.2) is 0 Å². The van der Waals surface area contributed by atoms with E-state index in [4.69, 9.17) is 0 Å². The van der Waals surface area contributed by atoms with Gasteiger partial charge in [-0.25, -0.2) is 0 Å². The monoisotopic (exact) mass is 255 g/mol. The molecule has 2 aliphatic heterocycles. The summed E-state index contributed by atoms with van der Waals surface area (Å²) in [5, 5.41) is 13.0. The molecule has 2 rings (SSSR count). The van der Waals surface area contributed by atoms with Crippen LogP contribution in [0.5, 0.6) is 0 Å². The van der Waals surface area contributed by atoms with Gasteiger partial charge in [0.1, 0.15) is 0 Å². The van der Waals surface area contributed by atoms with Gasteiger partial charge in [-0.3, -0.25) is 9.59 Å². The summed E-state index contributed by atoms with van der Waals surface area (Å²) >= 11 is 0. The zero-order valence-corrected chi connectivity index (χ0v) is 10.8. The molecule has 0 radical (unpaired) electrons. The Labute approximate surface area is 107 Å².